The number of amides is 4. The SMILES string of the molecule is CC(C)NC(=O)Nc1cccc(C(=O)N2CCN(C(=O)Cc3ccccn3)CC2)c1. The molecule has 3 rings (SSSR count). The van der Waals surface area contributed by atoms with E-state index in [9.17, 15) is 14.4 Å². The van der Waals surface area contributed by atoms with Crippen LogP contribution in [0.5, 0.6) is 0 Å². The van der Waals surface area contributed by atoms with Crippen LogP contribution in [0.4, 0.5) is 10.5 Å². The number of carbonyl (C=O) groups excluding carboxylic acids is 3. The van der Waals surface area contributed by atoms with Crippen LogP contribution >= 0.6 is 0 Å². The first-order valence-corrected chi connectivity index (χ1v) is 10.1. The molecule has 30 heavy (non-hydrogen) atoms. The summed E-state index contributed by atoms with van der Waals surface area (Å²) in [7, 11) is 0. The molecule has 0 unspecified atom stereocenters. The number of piperazine rings is 1. The Morgan fingerprint density at radius 3 is 2.40 bits per heavy atom. The van der Waals surface area contributed by atoms with E-state index in [2.05, 4.69) is 15.6 Å². The first-order valence-electron chi connectivity index (χ1n) is 10.1. The molecule has 2 aromatic rings. The highest BCUT2D eigenvalue weighted by Crippen LogP contribution is 2.15. The van der Waals surface area contributed by atoms with Gasteiger partial charge in [0.15, 0.2) is 0 Å². The Labute approximate surface area is 176 Å². The minimum atomic E-state index is -0.311. The van der Waals surface area contributed by atoms with Gasteiger partial charge in [0, 0.05) is 55.4 Å². The van der Waals surface area contributed by atoms with Crippen molar-refractivity contribution in [2.75, 3.05) is 31.5 Å². The highest BCUT2D eigenvalue weighted by Gasteiger charge is 2.25. The molecule has 1 saturated heterocycles. The topological polar surface area (TPSA) is 94.6 Å². The third kappa shape index (κ3) is 5.79. The van der Waals surface area contributed by atoms with E-state index in [4.69, 9.17) is 0 Å². The van der Waals surface area contributed by atoms with Crippen LogP contribution in [0, 0.1) is 0 Å². The number of hydrogen-bond acceptors (Lipinski definition) is 4. The van der Waals surface area contributed by atoms with Gasteiger partial charge >= 0.3 is 6.03 Å². The highest BCUT2D eigenvalue weighted by atomic mass is 16.2. The minimum absolute atomic E-state index is 0.0168. The molecule has 0 radical (unpaired) electrons. The van der Waals surface area contributed by atoms with Crippen molar-refractivity contribution in [1.82, 2.24) is 20.1 Å². The molecular formula is C22H27N5O3. The molecule has 0 bridgehead atoms. The molecule has 0 aliphatic carbocycles. The maximum atomic E-state index is 12.9. The van der Waals surface area contributed by atoms with Crippen molar-refractivity contribution in [2.24, 2.45) is 0 Å². The third-order valence-corrected chi connectivity index (χ3v) is 4.77. The number of nitrogens with one attached hydrogen (secondary N) is 2. The Morgan fingerprint density at radius 2 is 1.73 bits per heavy atom. The summed E-state index contributed by atoms with van der Waals surface area (Å²) in [6.45, 7) is 5.68. The molecule has 1 aromatic heterocycles. The summed E-state index contributed by atoms with van der Waals surface area (Å²) >= 11 is 0. The number of rotatable bonds is 5. The summed E-state index contributed by atoms with van der Waals surface area (Å²) in [6.07, 6.45) is 1.94. The lowest BCUT2D eigenvalue weighted by molar-refractivity contribution is -0.132. The van der Waals surface area contributed by atoms with E-state index in [1.807, 2.05) is 32.0 Å². The molecule has 1 fully saturated rings. The molecule has 2 N–H and O–H groups in total. The van der Waals surface area contributed by atoms with E-state index in [-0.39, 0.29) is 30.3 Å². The zero-order valence-corrected chi connectivity index (χ0v) is 17.3. The van der Waals surface area contributed by atoms with Crippen LogP contribution in [0.15, 0.2) is 48.7 Å². The summed E-state index contributed by atoms with van der Waals surface area (Å²) in [5.74, 6) is -0.0945. The lowest BCUT2D eigenvalue weighted by Gasteiger charge is -2.35. The van der Waals surface area contributed by atoms with Crippen LogP contribution in [0.1, 0.15) is 29.9 Å². The van der Waals surface area contributed by atoms with Crippen molar-refractivity contribution in [1.29, 1.82) is 0 Å². The quantitative estimate of drug-likeness (QED) is 0.791. The molecule has 1 aliphatic heterocycles. The first kappa shape index (κ1) is 21.3. The van der Waals surface area contributed by atoms with Crippen molar-refractivity contribution in [2.45, 2.75) is 26.3 Å². The minimum Gasteiger partial charge on any atom is -0.339 e. The van der Waals surface area contributed by atoms with E-state index < -0.39 is 0 Å². The summed E-state index contributed by atoms with van der Waals surface area (Å²) in [4.78, 5) is 44.9. The van der Waals surface area contributed by atoms with E-state index in [1.54, 1.807) is 40.3 Å². The lowest BCUT2D eigenvalue weighted by atomic mass is 10.1. The molecule has 4 amide bonds. The van der Waals surface area contributed by atoms with Crippen LogP contribution in [-0.4, -0.2) is 64.9 Å². The van der Waals surface area contributed by atoms with Crippen molar-refractivity contribution in [3.63, 3.8) is 0 Å². The molecule has 158 valence electrons. The van der Waals surface area contributed by atoms with Gasteiger partial charge in [-0.05, 0) is 44.2 Å². The number of pyridine rings is 1. The largest absolute Gasteiger partial charge is 0.339 e. The Morgan fingerprint density at radius 1 is 1.00 bits per heavy atom. The number of carbonyl (C=O) groups is 3. The van der Waals surface area contributed by atoms with E-state index in [0.717, 1.165) is 5.69 Å². The Balaban J connectivity index is 1.54. The molecule has 8 heteroatoms. The molecular weight excluding hydrogens is 382 g/mol. The van der Waals surface area contributed by atoms with Gasteiger partial charge in [0.1, 0.15) is 0 Å². The van der Waals surface area contributed by atoms with E-state index in [1.165, 1.54) is 0 Å². The van der Waals surface area contributed by atoms with Crippen molar-refractivity contribution in [3.8, 4) is 0 Å². The van der Waals surface area contributed by atoms with Gasteiger partial charge in [-0.2, -0.15) is 0 Å². The molecule has 1 aliphatic rings. The van der Waals surface area contributed by atoms with Crippen molar-refractivity contribution < 1.29 is 14.4 Å². The van der Waals surface area contributed by atoms with Crippen molar-refractivity contribution in [3.05, 3.63) is 59.9 Å². The smallest absolute Gasteiger partial charge is 0.319 e. The van der Waals surface area contributed by atoms with Gasteiger partial charge in [-0.15, -0.1) is 0 Å². The van der Waals surface area contributed by atoms with Gasteiger partial charge < -0.3 is 20.4 Å². The molecule has 2 heterocycles. The average molecular weight is 409 g/mol. The Kier molecular flexibility index (Phi) is 7.00. The summed E-state index contributed by atoms with van der Waals surface area (Å²) in [6, 6.07) is 12.1. The van der Waals surface area contributed by atoms with Crippen LogP contribution in [0.25, 0.3) is 0 Å². The predicted molar refractivity (Wildman–Crippen MR) is 114 cm³/mol. The van der Waals surface area contributed by atoms with Gasteiger partial charge in [0.25, 0.3) is 5.91 Å². The molecule has 8 nitrogen and oxygen atoms in total. The van der Waals surface area contributed by atoms with E-state index in [0.29, 0.717) is 37.4 Å². The maximum Gasteiger partial charge on any atom is 0.319 e. The number of benzene rings is 1. The monoisotopic (exact) mass is 409 g/mol. The number of urea groups is 1. The second-order valence-electron chi connectivity index (χ2n) is 7.50. The van der Waals surface area contributed by atoms with Gasteiger partial charge in [0.05, 0.1) is 6.42 Å². The second-order valence-corrected chi connectivity index (χ2v) is 7.50. The van der Waals surface area contributed by atoms with Crippen LogP contribution < -0.4 is 10.6 Å². The van der Waals surface area contributed by atoms with Crippen LogP contribution in [-0.2, 0) is 11.2 Å². The third-order valence-electron chi connectivity index (χ3n) is 4.77. The Hall–Kier alpha value is -3.42. The summed E-state index contributed by atoms with van der Waals surface area (Å²) in [5.41, 5.74) is 1.81. The molecule has 1 aromatic carbocycles. The van der Waals surface area contributed by atoms with E-state index >= 15 is 0 Å². The molecule has 0 spiro atoms. The van der Waals surface area contributed by atoms with Crippen LogP contribution in [0.3, 0.4) is 0 Å². The maximum absolute atomic E-state index is 12.9. The lowest BCUT2D eigenvalue weighted by Crippen LogP contribution is -2.51. The first-order chi connectivity index (χ1) is 14.4. The van der Waals surface area contributed by atoms with Gasteiger partial charge in [-0.25, -0.2) is 4.79 Å². The fourth-order valence-electron chi connectivity index (χ4n) is 3.27. The normalized spacial score (nSPS) is 13.8. The fraction of sp³-hybridized carbons (Fsp3) is 0.364. The van der Waals surface area contributed by atoms with Crippen molar-refractivity contribution >= 4 is 23.5 Å². The number of anilines is 1. The van der Waals surface area contributed by atoms with Gasteiger partial charge in [0.2, 0.25) is 5.91 Å². The molecule has 0 saturated carbocycles. The van der Waals surface area contributed by atoms with Crippen LogP contribution in [0.2, 0.25) is 0 Å². The predicted octanol–water partition coefficient (Wildman–Crippen LogP) is 2.14. The standard InChI is InChI=1S/C22H27N5O3/c1-16(2)24-22(30)25-19-8-5-6-17(14-19)21(29)27-12-10-26(11-13-27)20(28)15-18-7-3-4-9-23-18/h3-9,14,16H,10-13,15H2,1-2H3,(H2,24,25,30). The molecule has 0 atom stereocenters. The van der Waals surface area contributed by atoms with Gasteiger partial charge in [-0.1, -0.05) is 12.1 Å². The summed E-state index contributed by atoms with van der Waals surface area (Å²) < 4.78 is 0. The zero-order chi connectivity index (χ0) is 21.5. The number of nitrogens with zero attached hydrogens (tertiary/aromatic N) is 3. The average Bonchev–Trinajstić information content (AvgIpc) is 2.73. The number of hydrogen-bond donors (Lipinski definition) is 2. The number of aromatic nitrogens is 1. The summed E-state index contributed by atoms with van der Waals surface area (Å²) in [5, 5.41) is 5.49. The fourth-order valence-corrected chi connectivity index (χ4v) is 3.27. The second kappa shape index (κ2) is 9.87. The highest BCUT2D eigenvalue weighted by molar-refractivity contribution is 5.97. The Bertz CT molecular complexity index is 893. The zero-order valence-electron chi connectivity index (χ0n) is 17.3. The van der Waals surface area contributed by atoms with Gasteiger partial charge in [-0.3, -0.25) is 14.6 Å².